The molecule has 0 heterocycles. The Hall–Kier alpha value is -0.800. The minimum absolute atomic E-state index is 0.0434. The Kier molecular flexibility index (Phi) is 3.72. The fraction of sp³-hybridized carbons (Fsp3) is 0.222. The number of carbonyl (C=O) groups is 1. The van der Waals surface area contributed by atoms with E-state index in [1.54, 1.807) is 0 Å². The summed E-state index contributed by atoms with van der Waals surface area (Å²) in [7, 11) is 1.38. The average molecular weight is 237 g/mol. The number of ether oxygens (including phenoxy) is 1. The summed E-state index contributed by atoms with van der Waals surface area (Å²) >= 11 is 11.1. The monoisotopic (exact) mass is 236 g/mol. The third kappa shape index (κ3) is 1.99. The van der Waals surface area contributed by atoms with Gasteiger partial charge in [0.2, 0.25) is 0 Å². The van der Waals surface area contributed by atoms with E-state index in [-0.39, 0.29) is 22.2 Å². The van der Waals surface area contributed by atoms with E-state index in [9.17, 15) is 9.18 Å². The van der Waals surface area contributed by atoms with Gasteiger partial charge < -0.3 is 4.74 Å². The first-order valence-corrected chi connectivity index (χ1v) is 4.64. The number of rotatable bonds is 3. The molecule has 76 valence electrons. The van der Waals surface area contributed by atoms with Gasteiger partial charge in [-0.15, -0.1) is 11.6 Å². The second-order valence-electron chi connectivity index (χ2n) is 2.50. The second kappa shape index (κ2) is 4.62. The molecule has 0 bridgehead atoms. The third-order valence-electron chi connectivity index (χ3n) is 1.68. The van der Waals surface area contributed by atoms with Crippen molar-refractivity contribution in [3.63, 3.8) is 0 Å². The minimum atomic E-state index is -0.693. The summed E-state index contributed by atoms with van der Waals surface area (Å²) in [6, 6.07) is 2.47. The van der Waals surface area contributed by atoms with E-state index < -0.39 is 11.6 Å². The number of ketones is 1. The molecule has 5 heteroatoms. The topological polar surface area (TPSA) is 26.3 Å². The van der Waals surface area contributed by atoms with Gasteiger partial charge in [-0.2, -0.15) is 0 Å². The fourth-order valence-corrected chi connectivity index (χ4v) is 1.48. The molecule has 0 radical (unpaired) electrons. The number of carbonyl (C=O) groups excluding carboxylic acids is 1. The molecular formula is C9H7Cl2FO2. The molecule has 0 amide bonds. The van der Waals surface area contributed by atoms with E-state index in [4.69, 9.17) is 27.9 Å². The summed E-state index contributed by atoms with van der Waals surface area (Å²) < 4.78 is 18.0. The van der Waals surface area contributed by atoms with Crippen LogP contribution in [0.4, 0.5) is 4.39 Å². The van der Waals surface area contributed by atoms with Gasteiger partial charge in [0.15, 0.2) is 5.78 Å². The van der Waals surface area contributed by atoms with Crippen molar-refractivity contribution < 1.29 is 13.9 Å². The quantitative estimate of drug-likeness (QED) is 0.596. The SMILES string of the molecule is COc1ccc(F)c(C(=O)CCl)c1Cl. The van der Waals surface area contributed by atoms with Gasteiger partial charge in [-0.25, -0.2) is 4.39 Å². The number of methoxy groups -OCH3 is 1. The lowest BCUT2D eigenvalue weighted by Crippen LogP contribution is -2.05. The molecule has 2 nitrogen and oxygen atoms in total. The van der Waals surface area contributed by atoms with Crippen LogP contribution in [0.3, 0.4) is 0 Å². The van der Waals surface area contributed by atoms with Crippen molar-refractivity contribution in [1.82, 2.24) is 0 Å². The minimum Gasteiger partial charge on any atom is -0.495 e. The van der Waals surface area contributed by atoms with E-state index in [1.807, 2.05) is 0 Å². The lowest BCUT2D eigenvalue weighted by molar-refractivity contribution is 0.101. The van der Waals surface area contributed by atoms with Crippen molar-refractivity contribution in [2.24, 2.45) is 0 Å². The van der Waals surface area contributed by atoms with Crippen molar-refractivity contribution >= 4 is 29.0 Å². The number of hydrogen-bond donors (Lipinski definition) is 0. The molecule has 0 aliphatic carbocycles. The standard InChI is InChI=1S/C9H7Cl2FO2/c1-14-7-3-2-5(12)8(9(7)11)6(13)4-10/h2-3H,4H2,1H3. The van der Waals surface area contributed by atoms with Gasteiger partial charge in [-0.05, 0) is 12.1 Å². The first kappa shape index (κ1) is 11.3. The maximum absolute atomic E-state index is 13.2. The number of hydrogen-bond acceptors (Lipinski definition) is 2. The molecule has 1 rings (SSSR count). The zero-order valence-electron chi connectivity index (χ0n) is 7.31. The highest BCUT2D eigenvalue weighted by Gasteiger charge is 2.18. The molecule has 0 unspecified atom stereocenters. The smallest absolute Gasteiger partial charge is 0.182 e. The average Bonchev–Trinajstić information content (AvgIpc) is 2.18. The van der Waals surface area contributed by atoms with Gasteiger partial charge in [-0.3, -0.25) is 4.79 Å². The fourth-order valence-electron chi connectivity index (χ4n) is 1.01. The van der Waals surface area contributed by atoms with Crippen LogP contribution in [0.1, 0.15) is 10.4 Å². The Labute approximate surface area is 90.6 Å². The van der Waals surface area contributed by atoms with Gasteiger partial charge in [-0.1, -0.05) is 11.6 Å². The van der Waals surface area contributed by atoms with Crippen LogP contribution in [-0.2, 0) is 0 Å². The van der Waals surface area contributed by atoms with Crippen LogP contribution in [0.2, 0.25) is 5.02 Å². The molecule has 1 aromatic rings. The van der Waals surface area contributed by atoms with Gasteiger partial charge in [0, 0.05) is 0 Å². The predicted molar refractivity (Wildman–Crippen MR) is 53.0 cm³/mol. The maximum Gasteiger partial charge on any atom is 0.182 e. The largest absolute Gasteiger partial charge is 0.495 e. The summed E-state index contributed by atoms with van der Waals surface area (Å²) in [5, 5.41) is -0.0434. The van der Waals surface area contributed by atoms with Crippen LogP contribution in [-0.4, -0.2) is 18.8 Å². The third-order valence-corrected chi connectivity index (χ3v) is 2.29. The molecule has 14 heavy (non-hydrogen) atoms. The van der Waals surface area contributed by atoms with Crippen LogP contribution in [0.5, 0.6) is 5.75 Å². The normalized spacial score (nSPS) is 10.0. The number of halogens is 3. The molecule has 1 aromatic carbocycles. The number of alkyl halides is 1. The summed E-state index contributed by atoms with van der Waals surface area (Å²) in [5.41, 5.74) is -0.221. The molecule has 0 saturated heterocycles. The predicted octanol–water partition coefficient (Wildman–Crippen LogP) is 2.91. The highest BCUT2D eigenvalue weighted by molar-refractivity contribution is 6.38. The van der Waals surface area contributed by atoms with E-state index in [0.29, 0.717) is 0 Å². The van der Waals surface area contributed by atoms with Crippen LogP contribution in [0.15, 0.2) is 12.1 Å². The Morgan fingerprint density at radius 2 is 2.21 bits per heavy atom. The summed E-state index contributed by atoms with van der Waals surface area (Å²) in [4.78, 5) is 11.2. The summed E-state index contributed by atoms with van der Waals surface area (Å²) in [6.07, 6.45) is 0. The van der Waals surface area contributed by atoms with Crippen molar-refractivity contribution in [2.45, 2.75) is 0 Å². The Morgan fingerprint density at radius 3 is 2.71 bits per heavy atom. The molecule has 0 saturated carbocycles. The van der Waals surface area contributed by atoms with Crippen molar-refractivity contribution in [2.75, 3.05) is 13.0 Å². The lowest BCUT2D eigenvalue weighted by atomic mass is 10.1. The molecule has 0 aliphatic rings. The first-order chi connectivity index (χ1) is 6.61. The van der Waals surface area contributed by atoms with Gasteiger partial charge in [0.05, 0.1) is 23.6 Å². The number of benzene rings is 1. The maximum atomic E-state index is 13.2. The molecule has 0 fully saturated rings. The first-order valence-electron chi connectivity index (χ1n) is 3.73. The zero-order valence-corrected chi connectivity index (χ0v) is 8.82. The lowest BCUT2D eigenvalue weighted by Gasteiger charge is -2.07. The van der Waals surface area contributed by atoms with Gasteiger partial charge >= 0.3 is 0 Å². The van der Waals surface area contributed by atoms with E-state index >= 15 is 0 Å². The van der Waals surface area contributed by atoms with Crippen molar-refractivity contribution in [3.8, 4) is 5.75 Å². The molecule has 0 atom stereocenters. The second-order valence-corrected chi connectivity index (χ2v) is 3.14. The summed E-state index contributed by atoms with van der Waals surface area (Å²) in [5.74, 6) is -1.32. The van der Waals surface area contributed by atoms with Crippen LogP contribution >= 0.6 is 23.2 Å². The highest BCUT2D eigenvalue weighted by Crippen LogP contribution is 2.30. The van der Waals surface area contributed by atoms with E-state index in [1.165, 1.54) is 13.2 Å². The van der Waals surface area contributed by atoms with Crippen LogP contribution in [0, 0.1) is 5.82 Å². The molecule has 0 aliphatic heterocycles. The van der Waals surface area contributed by atoms with Gasteiger partial charge in [0.1, 0.15) is 11.6 Å². The van der Waals surface area contributed by atoms with Gasteiger partial charge in [0.25, 0.3) is 0 Å². The Bertz CT molecular complexity index is 366. The molecule has 0 spiro atoms. The van der Waals surface area contributed by atoms with Crippen molar-refractivity contribution in [3.05, 3.63) is 28.5 Å². The molecule has 0 aromatic heterocycles. The molecular weight excluding hydrogens is 230 g/mol. The zero-order chi connectivity index (χ0) is 10.7. The van der Waals surface area contributed by atoms with E-state index in [2.05, 4.69) is 0 Å². The molecule has 0 N–H and O–H groups in total. The van der Waals surface area contributed by atoms with E-state index in [0.717, 1.165) is 6.07 Å². The highest BCUT2D eigenvalue weighted by atomic mass is 35.5. The Balaban J connectivity index is 3.32. The number of Topliss-reactive ketones (excluding diaryl/α,β-unsaturated/α-hetero) is 1. The van der Waals surface area contributed by atoms with Crippen LogP contribution < -0.4 is 4.74 Å². The summed E-state index contributed by atoms with van der Waals surface area (Å²) in [6.45, 7) is 0. The van der Waals surface area contributed by atoms with Crippen LogP contribution in [0.25, 0.3) is 0 Å². The Morgan fingerprint density at radius 1 is 1.57 bits per heavy atom. The van der Waals surface area contributed by atoms with Crippen molar-refractivity contribution in [1.29, 1.82) is 0 Å².